The van der Waals surface area contributed by atoms with E-state index in [1.165, 1.54) is 0 Å². The maximum absolute atomic E-state index is 10.3. The lowest BCUT2D eigenvalue weighted by atomic mass is 10.3. The standard InChI is InChI=1S/C4H7INO3.Al.2H/c1-9-2-3(6-5)4(7)8;;;/h3,6H,1-2H2,(H,7,8);;;/t3-;;;/m1.../s1. The molecule has 0 fully saturated rings. The number of hydrogen-bond donors (Lipinski definition) is 2. The van der Waals surface area contributed by atoms with Crippen molar-refractivity contribution in [2.24, 2.45) is 0 Å². The number of nitrogens with one attached hydrogen (secondary N) is 1. The number of rotatable bonds is 5. The number of carbonyl (C=O) groups is 1. The summed E-state index contributed by atoms with van der Waals surface area (Å²) in [5.74, 6) is -0.871. The van der Waals surface area contributed by atoms with Crippen LogP contribution in [0.25, 0.3) is 0 Å². The summed E-state index contributed by atoms with van der Waals surface area (Å²) in [7, 11) is 0. The highest BCUT2D eigenvalue weighted by Crippen LogP contribution is 1.88. The van der Waals surface area contributed by atoms with Crippen LogP contribution >= 0.6 is 22.9 Å². The minimum atomic E-state index is -0.871. The molecule has 0 heterocycles. The first-order valence-electron chi connectivity index (χ1n) is 2.89. The van der Waals surface area contributed by atoms with Crippen LogP contribution < -0.4 is 3.53 Å². The highest BCUT2D eigenvalue weighted by atomic mass is 127. The van der Waals surface area contributed by atoms with Crippen molar-refractivity contribution in [1.29, 1.82) is 0 Å². The smallest absolute Gasteiger partial charge is 0.323 e. The van der Waals surface area contributed by atoms with E-state index in [4.69, 9.17) is 9.84 Å². The highest BCUT2D eigenvalue weighted by Gasteiger charge is 2.14. The summed E-state index contributed by atoms with van der Waals surface area (Å²) in [6.07, 6.45) is 0. The van der Waals surface area contributed by atoms with Crippen molar-refractivity contribution in [3.05, 3.63) is 0 Å². The molecule has 4 nitrogen and oxygen atoms in total. The molecule has 0 saturated carbocycles. The molecular weight excluding hydrogens is 264 g/mol. The van der Waals surface area contributed by atoms with Gasteiger partial charge in [-0.25, -0.2) is 3.53 Å². The molecule has 2 N–H and O–H groups in total. The second-order valence-corrected chi connectivity index (χ2v) is 2.86. The SMILES string of the molecule is O=C(O)[C@@H](CO[CH2][AlH2])NI. The fraction of sp³-hybridized carbons (Fsp3) is 0.750. The molecule has 58 valence electrons. The molecular formula is C4H9AlINO3. The van der Waals surface area contributed by atoms with E-state index in [9.17, 15) is 4.79 Å². The molecule has 0 aliphatic rings. The number of hydrogen-bond acceptors (Lipinski definition) is 3. The summed E-state index contributed by atoms with van der Waals surface area (Å²) < 4.78 is 7.56. The van der Waals surface area contributed by atoms with Gasteiger partial charge in [0, 0.05) is 22.9 Å². The van der Waals surface area contributed by atoms with E-state index in [1.54, 1.807) is 22.9 Å². The lowest BCUT2D eigenvalue weighted by molar-refractivity contribution is -0.140. The summed E-state index contributed by atoms with van der Waals surface area (Å²) >= 11 is 2.75. The van der Waals surface area contributed by atoms with Gasteiger partial charge in [0.15, 0.2) is 0 Å². The van der Waals surface area contributed by atoms with E-state index in [1.807, 2.05) is 0 Å². The van der Waals surface area contributed by atoms with Crippen LogP contribution in [-0.2, 0) is 9.53 Å². The minimum Gasteiger partial charge on any atom is -0.480 e. The van der Waals surface area contributed by atoms with Gasteiger partial charge in [0.1, 0.15) is 6.04 Å². The highest BCUT2D eigenvalue weighted by molar-refractivity contribution is 14.1. The molecule has 0 bridgehead atoms. The van der Waals surface area contributed by atoms with Crippen molar-refractivity contribution in [3.63, 3.8) is 0 Å². The Hall–Kier alpha value is 0.652. The van der Waals surface area contributed by atoms with Crippen molar-refractivity contribution in [2.75, 3.05) is 12.1 Å². The Morgan fingerprint density at radius 2 is 2.50 bits per heavy atom. The topological polar surface area (TPSA) is 58.6 Å². The first-order valence-corrected chi connectivity index (χ1v) is 5.38. The Bertz CT molecular complexity index is 113. The zero-order chi connectivity index (χ0) is 7.98. The van der Waals surface area contributed by atoms with Gasteiger partial charge in [0.25, 0.3) is 16.3 Å². The Morgan fingerprint density at radius 1 is 1.90 bits per heavy atom. The first-order chi connectivity index (χ1) is 4.72. The summed E-state index contributed by atoms with van der Waals surface area (Å²) in [6, 6.07) is -0.574. The molecule has 10 heavy (non-hydrogen) atoms. The number of carboxylic acids is 1. The Kier molecular flexibility index (Phi) is 6.78. The lowest BCUT2D eigenvalue weighted by Gasteiger charge is -2.08. The van der Waals surface area contributed by atoms with Gasteiger partial charge in [-0.05, 0) is 5.47 Å². The Morgan fingerprint density at radius 3 is 2.80 bits per heavy atom. The molecule has 0 aromatic heterocycles. The van der Waals surface area contributed by atoms with Gasteiger partial charge < -0.3 is 9.84 Å². The second-order valence-electron chi connectivity index (χ2n) is 1.66. The van der Waals surface area contributed by atoms with Crippen LogP contribution in [0.2, 0.25) is 0 Å². The van der Waals surface area contributed by atoms with Gasteiger partial charge in [-0.2, -0.15) is 0 Å². The van der Waals surface area contributed by atoms with Crippen molar-refractivity contribution in [3.8, 4) is 0 Å². The number of ether oxygens (including phenoxy) is 1. The van der Waals surface area contributed by atoms with E-state index in [-0.39, 0.29) is 6.61 Å². The molecule has 0 rings (SSSR count). The maximum Gasteiger partial charge on any atom is 0.323 e. The third kappa shape index (κ3) is 4.47. The molecule has 0 aromatic carbocycles. The quantitative estimate of drug-likeness (QED) is 0.383. The maximum atomic E-state index is 10.3. The monoisotopic (exact) mass is 273 g/mol. The summed E-state index contributed by atoms with van der Waals surface area (Å²) in [5.41, 5.74) is 0.683. The van der Waals surface area contributed by atoms with Gasteiger partial charge in [-0.1, -0.05) is 0 Å². The molecule has 1 atom stereocenters. The Labute approximate surface area is 81.2 Å². The molecule has 0 radical (unpaired) electrons. The zero-order valence-corrected chi connectivity index (χ0v) is 9.79. The summed E-state index contributed by atoms with van der Waals surface area (Å²) in [5, 5.41) is 8.46. The fourth-order valence-electron chi connectivity index (χ4n) is 0.385. The predicted octanol–water partition coefficient (Wildman–Crippen LogP) is -1.01. The van der Waals surface area contributed by atoms with Gasteiger partial charge in [0.05, 0.1) is 6.61 Å². The van der Waals surface area contributed by atoms with Crippen LogP contribution in [0.5, 0.6) is 0 Å². The molecule has 0 aromatic rings. The molecule has 0 aliphatic heterocycles. The van der Waals surface area contributed by atoms with Crippen molar-refractivity contribution >= 4 is 45.1 Å². The molecule has 0 unspecified atom stereocenters. The van der Waals surface area contributed by atoms with Crippen molar-refractivity contribution in [2.45, 2.75) is 6.04 Å². The largest absolute Gasteiger partial charge is 0.480 e. The van der Waals surface area contributed by atoms with E-state index in [0.29, 0.717) is 5.47 Å². The van der Waals surface area contributed by atoms with Crippen LogP contribution in [0.15, 0.2) is 0 Å². The van der Waals surface area contributed by atoms with Crippen LogP contribution in [0.3, 0.4) is 0 Å². The number of carboxylic acid groups (broad SMARTS) is 1. The van der Waals surface area contributed by atoms with Crippen LogP contribution in [0.1, 0.15) is 0 Å². The molecule has 0 aliphatic carbocycles. The van der Waals surface area contributed by atoms with Gasteiger partial charge in [-0.3, -0.25) is 4.79 Å². The predicted molar refractivity (Wildman–Crippen MR) is 47.9 cm³/mol. The van der Waals surface area contributed by atoms with E-state index < -0.39 is 12.0 Å². The van der Waals surface area contributed by atoms with E-state index in [0.717, 1.165) is 16.3 Å². The van der Waals surface area contributed by atoms with Gasteiger partial charge in [0.2, 0.25) is 0 Å². The molecule has 0 spiro atoms. The Balaban J connectivity index is 3.50. The molecule has 6 heteroatoms. The molecule has 0 saturated heterocycles. The third-order valence-corrected chi connectivity index (χ3v) is 2.08. The van der Waals surface area contributed by atoms with Crippen LogP contribution in [0, 0.1) is 0 Å². The third-order valence-electron chi connectivity index (χ3n) is 0.918. The van der Waals surface area contributed by atoms with E-state index >= 15 is 0 Å². The minimum absolute atomic E-state index is 0.252. The summed E-state index contributed by atoms with van der Waals surface area (Å²) in [6.45, 7) is 0.252. The van der Waals surface area contributed by atoms with E-state index in [2.05, 4.69) is 3.53 Å². The normalized spacial score (nSPS) is 12.9. The number of halogens is 1. The summed E-state index contributed by atoms with van der Waals surface area (Å²) in [4.78, 5) is 10.3. The van der Waals surface area contributed by atoms with Crippen molar-refractivity contribution < 1.29 is 14.6 Å². The fourth-order valence-corrected chi connectivity index (χ4v) is 1.07. The van der Waals surface area contributed by atoms with Gasteiger partial charge in [-0.15, -0.1) is 0 Å². The zero-order valence-electron chi connectivity index (χ0n) is 5.63. The van der Waals surface area contributed by atoms with Crippen LogP contribution in [-0.4, -0.2) is 45.5 Å². The lowest BCUT2D eigenvalue weighted by Crippen LogP contribution is -2.34. The van der Waals surface area contributed by atoms with Crippen LogP contribution in [0.4, 0.5) is 0 Å². The number of aliphatic carboxylic acids is 1. The molecule has 0 amide bonds. The second kappa shape index (κ2) is 6.37. The average molecular weight is 273 g/mol. The first kappa shape index (κ1) is 10.7. The van der Waals surface area contributed by atoms with Gasteiger partial charge >= 0.3 is 5.97 Å². The average Bonchev–Trinajstić information content (AvgIpc) is 1.89. The van der Waals surface area contributed by atoms with Crippen molar-refractivity contribution in [1.82, 2.24) is 3.53 Å².